The molecular formula is C16H17ClN6O. The highest BCUT2D eigenvalue weighted by Gasteiger charge is 2.12. The Morgan fingerprint density at radius 3 is 2.62 bits per heavy atom. The van der Waals surface area contributed by atoms with E-state index < -0.39 is 0 Å². The molecule has 0 aliphatic heterocycles. The molecule has 0 aliphatic carbocycles. The molecule has 0 aromatic carbocycles. The Kier molecular flexibility index (Phi) is 4.61. The summed E-state index contributed by atoms with van der Waals surface area (Å²) in [6.45, 7) is 4.58. The minimum Gasteiger partial charge on any atom is -0.347 e. The van der Waals surface area contributed by atoms with Crippen LogP contribution in [-0.2, 0) is 13.2 Å². The standard InChI is InChI=1S/C16H17ClN6O/c1-11-15(17)12(2)23(20-11)10-22-8-5-14(21-22)16(24)19-9-13-3-6-18-7-4-13/h3-8H,9-10H2,1-2H3,(H,19,24). The summed E-state index contributed by atoms with van der Waals surface area (Å²) in [5, 5.41) is 12.1. The van der Waals surface area contributed by atoms with E-state index in [-0.39, 0.29) is 5.91 Å². The highest BCUT2D eigenvalue weighted by molar-refractivity contribution is 6.31. The molecule has 0 atom stereocenters. The lowest BCUT2D eigenvalue weighted by Gasteiger charge is -2.05. The molecular weight excluding hydrogens is 328 g/mol. The molecule has 3 heterocycles. The van der Waals surface area contributed by atoms with Crippen LogP contribution in [0.4, 0.5) is 0 Å². The molecule has 8 heteroatoms. The van der Waals surface area contributed by atoms with Crippen LogP contribution >= 0.6 is 11.6 Å². The zero-order valence-electron chi connectivity index (χ0n) is 13.4. The van der Waals surface area contributed by atoms with Gasteiger partial charge in [0, 0.05) is 25.1 Å². The summed E-state index contributed by atoms with van der Waals surface area (Å²) in [6.07, 6.45) is 5.12. The predicted molar refractivity (Wildman–Crippen MR) is 89.7 cm³/mol. The quantitative estimate of drug-likeness (QED) is 0.769. The van der Waals surface area contributed by atoms with Crippen molar-refractivity contribution in [1.29, 1.82) is 0 Å². The molecule has 0 unspecified atom stereocenters. The molecule has 7 nitrogen and oxygen atoms in total. The van der Waals surface area contributed by atoms with Gasteiger partial charge in [0.1, 0.15) is 12.4 Å². The molecule has 124 valence electrons. The maximum Gasteiger partial charge on any atom is 0.272 e. The van der Waals surface area contributed by atoms with Crippen LogP contribution in [0.3, 0.4) is 0 Å². The molecule has 0 radical (unpaired) electrons. The zero-order valence-corrected chi connectivity index (χ0v) is 14.2. The molecule has 0 bridgehead atoms. The molecule has 24 heavy (non-hydrogen) atoms. The van der Waals surface area contributed by atoms with Gasteiger partial charge in [-0.25, -0.2) is 4.68 Å². The molecule has 0 aliphatic rings. The second-order valence-electron chi connectivity index (χ2n) is 5.40. The number of carbonyl (C=O) groups is 1. The van der Waals surface area contributed by atoms with E-state index in [4.69, 9.17) is 11.6 Å². The summed E-state index contributed by atoms with van der Waals surface area (Å²) >= 11 is 6.14. The van der Waals surface area contributed by atoms with E-state index >= 15 is 0 Å². The van der Waals surface area contributed by atoms with Crippen LogP contribution in [0.2, 0.25) is 5.02 Å². The van der Waals surface area contributed by atoms with Gasteiger partial charge in [-0.2, -0.15) is 10.2 Å². The maximum atomic E-state index is 12.2. The molecule has 1 N–H and O–H groups in total. The lowest BCUT2D eigenvalue weighted by molar-refractivity contribution is 0.0945. The number of halogens is 1. The Labute approximate surface area is 144 Å². The number of aromatic nitrogens is 5. The van der Waals surface area contributed by atoms with E-state index in [0.29, 0.717) is 23.9 Å². The topological polar surface area (TPSA) is 77.6 Å². The van der Waals surface area contributed by atoms with Crippen LogP contribution in [0, 0.1) is 13.8 Å². The number of nitrogens with zero attached hydrogens (tertiary/aromatic N) is 5. The third kappa shape index (κ3) is 3.46. The number of rotatable bonds is 5. The van der Waals surface area contributed by atoms with Crippen LogP contribution in [-0.4, -0.2) is 30.5 Å². The van der Waals surface area contributed by atoms with Crippen LogP contribution in [0.25, 0.3) is 0 Å². The molecule has 0 saturated heterocycles. The normalized spacial score (nSPS) is 10.8. The Hall–Kier alpha value is -2.67. The fourth-order valence-electron chi connectivity index (χ4n) is 2.29. The van der Waals surface area contributed by atoms with E-state index in [1.807, 2.05) is 26.0 Å². The van der Waals surface area contributed by atoms with Crippen molar-refractivity contribution >= 4 is 17.5 Å². The van der Waals surface area contributed by atoms with E-state index in [1.54, 1.807) is 34.0 Å². The third-order valence-corrected chi connectivity index (χ3v) is 4.19. The van der Waals surface area contributed by atoms with Gasteiger partial charge in [0.2, 0.25) is 0 Å². The number of hydrogen-bond acceptors (Lipinski definition) is 4. The van der Waals surface area contributed by atoms with Crippen molar-refractivity contribution < 1.29 is 4.79 Å². The first-order valence-corrected chi connectivity index (χ1v) is 7.82. The van der Waals surface area contributed by atoms with Gasteiger partial charge < -0.3 is 5.32 Å². The van der Waals surface area contributed by atoms with Gasteiger partial charge in [0.05, 0.1) is 16.4 Å². The minimum atomic E-state index is -0.225. The first-order chi connectivity index (χ1) is 11.5. The summed E-state index contributed by atoms with van der Waals surface area (Å²) in [5.74, 6) is -0.225. The number of carbonyl (C=O) groups excluding carboxylic acids is 1. The Morgan fingerprint density at radius 2 is 1.96 bits per heavy atom. The van der Waals surface area contributed by atoms with Crippen LogP contribution in [0.15, 0.2) is 36.8 Å². The highest BCUT2D eigenvalue weighted by Crippen LogP contribution is 2.18. The van der Waals surface area contributed by atoms with Crippen molar-refractivity contribution in [3.63, 3.8) is 0 Å². The molecule has 0 saturated carbocycles. The van der Waals surface area contributed by atoms with Gasteiger partial charge in [0.25, 0.3) is 5.91 Å². The summed E-state index contributed by atoms with van der Waals surface area (Å²) in [4.78, 5) is 16.1. The van der Waals surface area contributed by atoms with Gasteiger partial charge in [-0.15, -0.1) is 0 Å². The van der Waals surface area contributed by atoms with Crippen LogP contribution in [0.5, 0.6) is 0 Å². The van der Waals surface area contributed by atoms with Gasteiger partial charge in [-0.05, 0) is 37.6 Å². The van der Waals surface area contributed by atoms with Gasteiger partial charge in [0.15, 0.2) is 0 Å². The smallest absolute Gasteiger partial charge is 0.272 e. The van der Waals surface area contributed by atoms with E-state index in [1.165, 1.54) is 0 Å². The average molecular weight is 345 g/mol. The van der Waals surface area contributed by atoms with E-state index in [0.717, 1.165) is 17.0 Å². The van der Waals surface area contributed by atoms with Crippen molar-refractivity contribution in [2.45, 2.75) is 27.1 Å². The largest absolute Gasteiger partial charge is 0.347 e. The van der Waals surface area contributed by atoms with Crippen LogP contribution < -0.4 is 5.32 Å². The fraction of sp³-hybridized carbons (Fsp3) is 0.250. The SMILES string of the molecule is Cc1nn(Cn2ccc(C(=O)NCc3ccncc3)n2)c(C)c1Cl. The van der Waals surface area contributed by atoms with Crippen molar-refractivity contribution in [2.24, 2.45) is 0 Å². The first kappa shape index (κ1) is 16.2. The van der Waals surface area contributed by atoms with E-state index in [2.05, 4.69) is 20.5 Å². The van der Waals surface area contributed by atoms with Crippen LogP contribution in [0.1, 0.15) is 27.4 Å². The summed E-state index contributed by atoms with van der Waals surface area (Å²) in [6, 6.07) is 5.38. The number of pyridine rings is 1. The zero-order chi connectivity index (χ0) is 17.1. The van der Waals surface area contributed by atoms with Crippen molar-refractivity contribution in [3.05, 3.63) is 64.5 Å². The predicted octanol–water partition coefficient (Wildman–Crippen LogP) is 2.18. The maximum absolute atomic E-state index is 12.2. The minimum absolute atomic E-state index is 0.225. The average Bonchev–Trinajstić information content (AvgIpc) is 3.15. The molecule has 0 spiro atoms. The Bertz CT molecular complexity index is 855. The van der Waals surface area contributed by atoms with Gasteiger partial charge in [-0.1, -0.05) is 11.6 Å². The molecule has 0 fully saturated rings. The number of hydrogen-bond donors (Lipinski definition) is 1. The highest BCUT2D eigenvalue weighted by atomic mass is 35.5. The second kappa shape index (κ2) is 6.84. The second-order valence-corrected chi connectivity index (χ2v) is 5.78. The monoisotopic (exact) mass is 344 g/mol. The molecule has 1 amide bonds. The molecule has 3 rings (SSSR count). The van der Waals surface area contributed by atoms with Crippen molar-refractivity contribution in [1.82, 2.24) is 29.9 Å². The fourth-order valence-corrected chi connectivity index (χ4v) is 2.42. The third-order valence-electron chi connectivity index (χ3n) is 3.65. The lowest BCUT2D eigenvalue weighted by Crippen LogP contribution is -2.23. The Balaban J connectivity index is 1.64. The molecule has 3 aromatic heterocycles. The summed E-state index contributed by atoms with van der Waals surface area (Å²) in [5.41, 5.74) is 2.98. The Morgan fingerprint density at radius 1 is 1.21 bits per heavy atom. The van der Waals surface area contributed by atoms with Gasteiger partial charge in [-0.3, -0.25) is 14.5 Å². The van der Waals surface area contributed by atoms with Crippen molar-refractivity contribution in [2.75, 3.05) is 0 Å². The van der Waals surface area contributed by atoms with Gasteiger partial charge >= 0.3 is 0 Å². The number of aryl methyl sites for hydroxylation is 1. The van der Waals surface area contributed by atoms with Crippen molar-refractivity contribution in [3.8, 4) is 0 Å². The summed E-state index contributed by atoms with van der Waals surface area (Å²) < 4.78 is 3.40. The summed E-state index contributed by atoms with van der Waals surface area (Å²) in [7, 11) is 0. The first-order valence-electron chi connectivity index (χ1n) is 7.44. The molecule has 3 aromatic rings. The van der Waals surface area contributed by atoms with E-state index in [9.17, 15) is 4.79 Å². The lowest BCUT2D eigenvalue weighted by atomic mass is 10.2. The number of amides is 1. The number of nitrogens with one attached hydrogen (secondary N) is 1.